The predicted molar refractivity (Wildman–Crippen MR) is 155 cm³/mol. The fourth-order valence-corrected chi connectivity index (χ4v) is 5.90. The Morgan fingerprint density at radius 3 is 2.75 bits per heavy atom. The number of benzene rings is 3. The van der Waals surface area contributed by atoms with Crippen LogP contribution in [0.3, 0.4) is 0 Å². The summed E-state index contributed by atoms with van der Waals surface area (Å²) in [5.74, 6) is -0.550. The number of aromatic hydroxyl groups is 1. The number of Topliss-reactive ketones (excluding diaryl/α,β-unsaturated/α-hetero) is 1. The van der Waals surface area contributed by atoms with Crippen LogP contribution in [0.2, 0.25) is 5.02 Å². The number of rotatable bonds is 5. The topological polar surface area (TPSA) is 90.9 Å². The van der Waals surface area contributed by atoms with E-state index in [0.717, 1.165) is 16.8 Å². The lowest BCUT2D eigenvalue weighted by Crippen LogP contribution is -2.48. The highest BCUT2D eigenvalue weighted by molar-refractivity contribution is 6.34. The molecule has 1 unspecified atom stereocenters. The zero-order chi connectivity index (χ0) is 27.6. The predicted octanol–water partition coefficient (Wildman–Crippen LogP) is 5.75. The summed E-state index contributed by atoms with van der Waals surface area (Å²) in [6, 6.07) is 18.9. The molecule has 0 bridgehead atoms. The van der Waals surface area contributed by atoms with E-state index in [1.54, 1.807) is 48.5 Å². The molecule has 2 atom stereocenters. The third-order valence-electron chi connectivity index (χ3n) is 7.51. The van der Waals surface area contributed by atoms with Gasteiger partial charge in [0.2, 0.25) is 0 Å². The summed E-state index contributed by atoms with van der Waals surface area (Å²) >= 11 is 6.67. The standard InChI is InChI=1S/C32H28ClN3O4/c33-29-16-22(35-32(39)26-9-2-1-8-25(26)20-5-3-7-24(37)15-20)11-12-27(29)31(38)28-10-4-6-21-17-34-18-23-19-40-14-13-36(23)30(21)28/h1-9,11-12,15-18,28,30,34,37H,10,13-14,19H2,(H,35,39)/t28?,30-/m1/s1. The van der Waals surface area contributed by atoms with E-state index in [4.69, 9.17) is 16.3 Å². The van der Waals surface area contributed by atoms with Crippen LogP contribution in [0.4, 0.5) is 5.69 Å². The summed E-state index contributed by atoms with van der Waals surface area (Å²) in [4.78, 5) is 29.4. The number of carbonyl (C=O) groups is 2. The molecule has 6 rings (SSSR count). The Kier molecular flexibility index (Phi) is 7.15. The van der Waals surface area contributed by atoms with Crippen LogP contribution in [-0.2, 0) is 4.74 Å². The van der Waals surface area contributed by atoms with Gasteiger partial charge in [-0.3, -0.25) is 9.59 Å². The maximum atomic E-state index is 13.9. The van der Waals surface area contributed by atoms with Crippen molar-refractivity contribution in [1.82, 2.24) is 10.2 Å². The molecule has 3 aromatic carbocycles. The summed E-state index contributed by atoms with van der Waals surface area (Å²) in [6.07, 6.45) is 8.59. The first-order valence-electron chi connectivity index (χ1n) is 13.2. The quantitative estimate of drug-likeness (QED) is 0.348. The highest BCUT2D eigenvalue weighted by atomic mass is 35.5. The number of morpholine rings is 1. The van der Waals surface area contributed by atoms with Crippen molar-refractivity contribution in [2.45, 2.75) is 12.5 Å². The fraction of sp³-hybridized carbons (Fsp3) is 0.188. The van der Waals surface area contributed by atoms with Crippen LogP contribution in [0, 0.1) is 5.92 Å². The number of phenols is 1. The molecule has 0 spiro atoms. The molecule has 0 radical (unpaired) electrons. The van der Waals surface area contributed by atoms with Gasteiger partial charge in [-0.05, 0) is 59.5 Å². The first-order valence-corrected chi connectivity index (χ1v) is 13.6. The van der Waals surface area contributed by atoms with Crippen molar-refractivity contribution >= 4 is 29.0 Å². The van der Waals surface area contributed by atoms with Gasteiger partial charge in [-0.1, -0.05) is 54.1 Å². The van der Waals surface area contributed by atoms with Crippen molar-refractivity contribution in [3.8, 4) is 16.9 Å². The van der Waals surface area contributed by atoms with E-state index < -0.39 is 0 Å². The molecule has 3 aromatic rings. The minimum absolute atomic E-state index is 0.0369. The van der Waals surface area contributed by atoms with E-state index in [1.165, 1.54) is 0 Å². The molecule has 0 aromatic heterocycles. The first-order chi connectivity index (χ1) is 19.5. The monoisotopic (exact) mass is 553 g/mol. The van der Waals surface area contributed by atoms with Gasteiger partial charge >= 0.3 is 0 Å². The number of amides is 1. The Labute approximate surface area is 237 Å². The highest BCUT2D eigenvalue weighted by Gasteiger charge is 2.39. The molecule has 2 heterocycles. The summed E-state index contributed by atoms with van der Waals surface area (Å²) in [7, 11) is 0. The number of phenolic OH excluding ortho intramolecular Hbond substituents is 1. The maximum Gasteiger partial charge on any atom is 0.256 e. The molecule has 1 saturated heterocycles. The van der Waals surface area contributed by atoms with Gasteiger partial charge in [0.25, 0.3) is 5.91 Å². The third kappa shape index (κ3) is 5.01. The van der Waals surface area contributed by atoms with Gasteiger partial charge in [0.15, 0.2) is 5.78 Å². The summed E-state index contributed by atoms with van der Waals surface area (Å²) < 4.78 is 5.65. The Hall–Kier alpha value is -4.33. The normalized spacial score (nSPS) is 19.8. The van der Waals surface area contributed by atoms with Crippen LogP contribution in [0.1, 0.15) is 27.1 Å². The van der Waals surface area contributed by atoms with Gasteiger partial charge in [-0.15, -0.1) is 0 Å². The van der Waals surface area contributed by atoms with E-state index in [0.29, 0.717) is 48.6 Å². The van der Waals surface area contributed by atoms with Crippen molar-refractivity contribution in [3.05, 3.63) is 119 Å². The zero-order valence-corrected chi connectivity index (χ0v) is 22.4. The largest absolute Gasteiger partial charge is 0.508 e. The van der Waals surface area contributed by atoms with Crippen LogP contribution in [0.5, 0.6) is 5.75 Å². The third-order valence-corrected chi connectivity index (χ3v) is 7.82. The van der Waals surface area contributed by atoms with E-state index in [9.17, 15) is 14.7 Å². The van der Waals surface area contributed by atoms with Crippen LogP contribution < -0.4 is 10.6 Å². The van der Waals surface area contributed by atoms with Crippen LogP contribution >= 0.6 is 11.6 Å². The Bertz CT molecular complexity index is 1580. The second-order valence-electron chi connectivity index (χ2n) is 9.99. The Balaban J connectivity index is 1.24. The molecular formula is C32H28ClN3O4. The minimum atomic E-state index is -0.320. The molecule has 3 aliphatic rings. The Morgan fingerprint density at radius 2 is 1.90 bits per heavy atom. The van der Waals surface area contributed by atoms with Gasteiger partial charge in [-0.2, -0.15) is 0 Å². The first kappa shape index (κ1) is 25.9. The molecule has 0 saturated carbocycles. The molecule has 40 heavy (non-hydrogen) atoms. The summed E-state index contributed by atoms with van der Waals surface area (Å²) in [6.45, 7) is 1.81. The molecule has 1 amide bonds. The number of ether oxygens (including phenoxy) is 1. The summed E-state index contributed by atoms with van der Waals surface area (Å²) in [5, 5.41) is 16.3. The SMILES string of the molecule is O=C(Nc1ccc(C(=O)C2CC=CC3=CNC=C4COCCN4[C@H]32)c(Cl)c1)c1ccccc1-c1cccc(O)c1. The van der Waals surface area contributed by atoms with E-state index in [2.05, 4.69) is 21.6 Å². The average molecular weight is 554 g/mol. The van der Waals surface area contributed by atoms with Crippen molar-refractivity contribution in [1.29, 1.82) is 0 Å². The van der Waals surface area contributed by atoms with E-state index >= 15 is 0 Å². The van der Waals surface area contributed by atoms with Crippen molar-refractivity contribution in [2.75, 3.05) is 25.1 Å². The minimum Gasteiger partial charge on any atom is -0.508 e. The molecule has 2 aliphatic heterocycles. The van der Waals surface area contributed by atoms with Crippen molar-refractivity contribution in [2.24, 2.45) is 5.92 Å². The number of halogens is 1. The number of carbonyl (C=O) groups excluding carboxylic acids is 2. The Morgan fingerprint density at radius 1 is 1.02 bits per heavy atom. The van der Waals surface area contributed by atoms with Gasteiger partial charge in [0, 0.05) is 35.8 Å². The zero-order valence-electron chi connectivity index (χ0n) is 21.6. The molecule has 8 heteroatoms. The van der Waals surface area contributed by atoms with Gasteiger partial charge < -0.3 is 25.4 Å². The number of ketones is 1. The lowest BCUT2D eigenvalue weighted by molar-refractivity contribution is 0.0455. The van der Waals surface area contributed by atoms with Gasteiger partial charge in [0.05, 0.1) is 35.9 Å². The second-order valence-corrected chi connectivity index (χ2v) is 10.4. The number of anilines is 1. The lowest BCUT2D eigenvalue weighted by Gasteiger charge is -2.42. The second kappa shape index (κ2) is 11.0. The molecule has 3 N–H and O–H groups in total. The molecule has 1 fully saturated rings. The average Bonchev–Trinajstić information content (AvgIpc) is 3.16. The molecule has 1 aliphatic carbocycles. The summed E-state index contributed by atoms with van der Waals surface area (Å²) in [5.41, 5.74) is 4.85. The van der Waals surface area contributed by atoms with Gasteiger partial charge in [-0.25, -0.2) is 0 Å². The highest BCUT2D eigenvalue weighted by Crippen LogP contribution is 2.36. The molecule has 7 nitrogen and oxygen atoms in total. The van der Waals surface area contributed by atoms with E-state index in [-0.39, 0.29) is 34.4 Å². The lowest BCUT2D eigenvalue weighted by atomic mass is 9.79. The van der Waals surface area contributed by atoms with Crippen LogP contribution in [0.25, 0.3) is 11.1 Å². The number of fused-ring (bicyclic) bond motifs is 3. The van der Waals surface area contributed by atoms with Crippen molar-refractivity contribution < 1.29 is 19.4 Å². The van der Waals surface area contributed by atoms with Crippen LogP contribution in [-0.4, -0.2) is 47.5 Å². The number of hydrogen-bond acceptors (Lipinski definition) is 6. The number of hydrogen-bond donors (Lipinski definition) is 3. The smallest absolute Gasteiger partial charge is 0.256 e. The number of allylic oxidation sites excluding steroid dienone is 1. The molecule has 202 valence electrons. The van der Waals surface area contributed by atoms with E-state index in [1.807, 2.05) is 36.7 Å². The molecular weight excluding hydrogens is 526 g/mol. The van der Waals surface area contributed by atoms with Crippen molar-refractivity contribution in [3.63, 3.8) is 0 Å². The van der Waals surface area contributed by atoms with Gasteiger partial charge in [0.1, 0.15) is 5.75 Å². The number of nitrogens with zero attached hydrogens (tertiary/aromatic N) is 1. The maximum absolute atomic E-state index is 13.9. The van der Waals surface area contributed by atoms with Crippen LogP contribution in [0.15, 0.2) is 103 Å². The fourth-order valence-electron chi connectivity index (χ4n) is 5.63. The number of nitrogens with one attached hydrogen (secondary N) is 2.